The van der Waals surface area contributed by atoms with E-state index in [1.807, 2.05) is 34.6 Å². The zero-order valence-corrected chi connectivity index (χ0v) is 29.6. The van der Waals surface area contributed by atoms with E-state index in [0.717, 1.165) is 48.8 Å². The van der Waals surface area contributed by atoms with Crippen molar-refractivity contribution in [2.75, 3.05) is 26.9 Å². The topological polar surface area (TPSA) is 141 Å². The summed E-state index contributed by atoms with van der Waals surface area (Å²) < 4.78 is 12.8. The summed E-state index contributed by atoms with van der Waals surface area (Å²) in [5.41, 5.74) is 9.56. The summed E-state index contributed by atoms with van der Waals surface area (Å²) in [5.74, 6) is -0.288. The lowest BCUT2D eigenvalue weighted by Crippen LogP contribution is -2.53. The molecule has 1 fully saturated rings. The fourth-order valence-corrected chi connectivity index (χ4v) is 6.41. The molecule has 1 aromatic carbocycles. The minimum atomic E-state index is -0.912. The van der Waals surface area contributed by atoms with Crippen molar-refractivity contribution < 1.29 is 24.2 Å². The summed E-state index contributed by atoms with van der Waals surface area (Å²) in [6.07, 6.45) is 3.15. The SMILES string of the molecule is COCCCn1nc(C)c2ccc(C[C@@H](C[C@H](NC(=O)[C@@H](N)C(C)C)[C@@H](O)C[C@H](C(=O)NC3CCOCC3)C(C)C)C(C)C)cc21. The van der Waals surface area contributed by atoms with Gasteiger partial charge in [0.2, 0.25) is 11.8 Å². The first kappa shape index (κ1) is 37.9. The average molecular weight is 644 g/mol. The number of benzene rings is 1. The Kier molecular flexibility index (Phi) is 14.9. The molecule has 5 N–H and O–H groups in total. The van der Waals surface area contributed by atoms with Gasteiger partial charge in [-0.1, -0.05) is 53.7 Å². The first-order chi connectivity index (χ1) is 21.8. The van der Waals surface area contributed by atoms with Crippen LogP contribution < -0.4 is 16.4 Å². The van der Waals surface area contributed by atoms with Crippen molar-refractivity contribution >= 4 is 22.7 Å². The number of nitrogens with two attached hydrogens (primary N) is 1. The molecular formula is C36H61N5O5. The second-order valence-electron chi connectivity index (χ2n) is 14.4. The van der Waals surface area contributed by atoms with Crippen LogP contribution in [0.5, 0.6) is 0 Å². The van der Waals surface area contributed by atoms with Crippen molar-refractivity contribution in [3.05, 3.63) is 29.5 Å². The molecule has 0 spiro atoms. The predicted molar refractivity (Wildman–Crippen MR) is 183 cm³/mol. The third kappa shape index (κ3) is 10.8. The van der Waals surface area contributed by atoms with Crippen LogP contribution in [-0.2, 0) is 32.0 Å². The first-order valence-electron chi connectivity index (χ1n) is 17.4. The Hall–Kier alpha value is -2.53. The van der Waals surface area contributed by atoms with Crippen molar-refractivity contribution in [3.8, 4) is 0 Å². The smallest absolute Gasteiger partial charge is 0.237 e. The van der Waals surface area contributed by atoms with E-state index in [2.05, 4.69) is 47.4 Å². The predicted octanol–water partition coefficient (Wildman–Crippen LogP) is 4.37. The highest BCUT2D eigenvalue weighted by molar-refractivity contribution is 5.83. The van der Waals surface area contributed by atoms with Gasteiger partial charge in [-0.15, -0.1) is 0 Å². The average Bonchev–Trinajstić information content (AvgIpc) is 3.32. The normalized spacial score (nSPS) is 17.8. The molecule has 0 unspecified atom stereocenters. The van der Waals surface area contributed by atoms with Crippen LogP contribution in [-0.4, -0.2) is 77.9 Å². The van der Waals surface area contributed by atoms with Gasteiger partial charge in [-0.3, -0.25) is 14.3 Å². The number of nitrogens with zero attached hydrogens (tertiary/aromatic N) is 2. The number of hydrogen-bond acceptors (Lipinski definition) is 7. The number of aryl methyl sites for hydroxylation is 2. The third-order valence-corrected chi connectivity index (χ3v) is 9.73. The lowest BCUT2D eigenvalue weighted by atomic mass is 9.80. The summed E-state index contributed by atoms with van der Waals surface area (Å²) in [5, 5.41) is 24.0. The number of rotatable bonds is 18. The Morgan fingerprint density at radius 3 is 2.37 bits per heavy atom. The second-order valence-corrected chi connectivity index (χ2v) is 14.4. The molecule has 1 aliphatic rings. The Balaban J connectivity index is 1.83. The second kappa shape index (κ2) is 18.1. The number of nitrogens with one attached hydrogen (secondary N) is 2. The van der Waals surface area contributed by atoms with E-state index < -0.39 is 24.1 Å². The van der Waals surface area contributed by atoms with E-state index in [1.54, 1.807) is 7.11 Å². The maximum absolute atomic E-state index is 13.4. The molecule has 2 heterocycles. The number of fused-ring (bicyclic) bond motifs is 1. The molecule has 3 rings (SSSR count). The molecule has 0 radical (unpaired) electrons. The molecule has 46 heavy (non-hydrogen) atoms. The minimum absolute atomic E-state index is 0.0218. The number of aliphatic hydroxyl groups excluding tert-OH is 1. The van der Waals surface area contributed by atoms with Crippen molar-refractivity contribution in [2.24, 2.45) is 35.3 Å². The maximum atomic E-state index is 13.4. The van der Waals surface area contributed by atoms with Gasteiger partial charge in [-0.25, -0.2) is 0 Å². The van der Waals surface area contributed by atoms with Crippen LogP contribution >= 0.6 is 0 Å². The summed E-state index contributed by atoms with van der Waals surface area (Å²) >= 11 is 0. The third-order valence-electron chi connectivity index (χ3n) is 9.73. The number of aliphatic hydroxyl groups is 1. The zero-order valence-electron chi connectivity index (χ0n) is 29.6. The monoisotopic (exact) mass is 643 g/mol. The molecule has 260 valence electrons. The van der Waals surface area contributed by atoms with Gasteiger partial charge in [0, 0.05) is 50.8 Å². The molecule has 2 amide bonds. The van der Waals surface area contributed by atoms with Gasteiger partial charge in [0.15, 0.2) is 0 Å². The van der Waals surface area contributed by atoms with E-state index in [-0.39, 0.29) is 47.9 Å². The number of methoxy groups -OCH3 is 1. The molecular weight excluding hydrogens is 582 g/mol. The summed E-state index contributed by atoms with van der Waals surface area (Å²) in [4.78, 5) is 26.7. The van der Waals surface area contributed by atoms with Crippen LogP contribution in [0.15, 0.2) is 18.2 Å². The van der Waals surface area contributed by atoms with Gasteiger partial charge >= 0.3 is 0 Å². The van der Waals surface area contributed by atoms with Crippen molar-refractivity contribution in [1.82, 2.24) is 20.4 Å². The van der Waals surface area contributed by atoms with Crippen LogP contribution in [0.25, 0.3) is 10.9 Å². The molecule has 1 aromatic heterocycles. The molecule has 1 aliphatic heterocycles. The highest BCUT2D eigenvalue weighted by Crippen LogP contribution is 2.29. The minimum Gasteiger partial charge on any atom is -0.391 e. The van der Waals surface area contributed by atoms with E-state index in [9.17, 15) is 14.7 Å². The highest BCUT2D eigenvalue weighted by Gasteiger charge is 2.34. The quantitative estimate of drug-likeness (QED) is 0.177. The largest absolute Gasteiger partial charge is 0.391 e. The first-order valence-corrected chi connectivity index (χ1v) is 17.4. The van der Waals surface area contributed by atoms with Crippen LogP contribution in [0.2, 0.25) is 0 Å². The number of carbonyl (C=O) groups is 2. The van der Waals surface area contributed by atoms with Crippen molar-refractivity contribution in [2.45, 2.75) is 118 Å². The summed E-state index contributed by atoms with van der Waals surface area (Å²) in [6, 6.07) is 5.39. The number of carbonyl (C=O) groups excluding carboxylic acids is 2. The summed E-state index contributed by atoms with van der Waals surface area (Å²) in [7, 11) is 1.71. The summed E-state index contributed by atoms with van der Waals surface area (Å²) in [6.45, 7) is 17.0. The number of ether oxygens (including phenoxy) is 2. The lowest BCUT2D eigenvalue weighted by molar-refractivity contribution is -0.129. The Bertz CT molecular complexity index is 1240. The van der Waals surface area contributed by atoms with Crippen LogP contribution in [0.4, 0.5) is 0 Å². The number of hydrogen-bond donors (Lipinski definition) is 4. The molecule has 2 aromatic rings. The molecule has 1 saturated heterocycles. The molecule has 5 atom stereocenters. The van der Waals surface area contributed by atoms with Crippen LogP contribution in [0, 0.1) is 36.5 Å². The van der Waals surface area contributed by atoms with Crippen molar-refractivity contribution in [1.29, 1.82) is 0 Å². The van der Waals surface area contributed by atoms with Crippen LogP contribution in [0.1, 0.15) is 84.9 Å². The van der Waals surface area contributed by atoms with Gasteiger partial charge in [-0.2, -0.15) is 5.10 Å². The number of amides is 2. The molecule has 0 aliphatic carbocycles. The van der Waals surface area contributed by atoms with E-state index >= 15 is 0 Å². The fraction of sp³-hybridized carbons (Fsp3) is 0.750. The molecule has 0 saturated carbocycles. The Morgan fingerprint density at radius 2 is 1.76 bits per heavy atom. The van der Waals surface area contributed by atoms with Gasteiger partial charge in [0.05, 0.1) is 29.4 Å². The van der Waals surface area contributed by atoms with Gasteiger partial charge < -0.3 is 30.9 Å². The fourth-order valence-electron chi connectivity index (χ4n) is 6.41. The van der Waals surface area contributed by atoms with Gasteiger partial charge in [0.25, 0.3) is 0 Å². The van der Waals surface area contributed by atoms with E-state index in [0.29, 0.717) is 26.2 Å². The van der Waals surface area contributed by atoms with Gasteiger partial charge in [-0.05, 0) is 80.8 Å². The zero-order chi connectivity index (χ0) is 34.0. The molecule has 10 nitrogen and oxygen atoms in total. The van der Waals surface area contributed by atoms with E-state index in [4.69, 9.17) is 20.3 Å². The highest BCUT2D eigenvalue weighted by atomic mass is 16.5. The molecule has 0 bridgehead atoms. The maximum Gasteiger partial charge on any atom is 0.237 e. The lowest BCUT2D eigenvalue weighted by Gasteiger charge is -2.34. The van der Waals surface area contributed by atoms with Crippen LogP contribution in [0.3, 0.4) is 0 Å². The number of aromatic nitrogens is 2. The Labute approximate surface area is 276 Å². The van der Waals surface area contributed by atoms with Gasteiger partial charge in [0.1, 0.15) is 0 Å². The standard InChI is InChI=1S/C36H61N5O5/c1-22(2)27(18-26-10-11-29-25(7)40-41(32(29)19-26)14-9-15-45-8)20-31(39-36(44)34(37)24(5)6)33(42)21-30(23(3)4)35(43)38-28-12-16-46-17-13-28/h10-11,19,22-24,27-28,30-31,33-34,42H,9,12-18,20-21,37H2,1-8H3,(H,38,43)(H,39,44)/t27-,30-,31-,33-,34-/m0/s1. The Morgan fingerprint density at radius 1 is 1.07 bits per heavy atom. The van der Waals surface area contributed by atoms with Crippen molar-refractivity contribution in [3.63, 3.8) is 0 Å². The molecule has 10 heteroatoms. The van der Waals surface area contributed by atoms with E-state index in [1.165, 1.54) is 5.56 Å².